The van der Waals surface area contributed by atoms with E-state index in [1.165, 1.54) is 6.20 Å². The van der Waals surface area contributed by atoms with Gasteiger partial charge in [-0.25, -0.2) is 4.98 Å². The number of rotatable bonds is 1. The van der Waals surface area contributed by atoms with Crippen LogP contribution in [-0.2, 0) is 0 Å². The zero-order valence-corrected chi connectivity index (χ0v) is 9.33. The molecule has 2 heterocycles. The molecular weight excluding hydrogens is 218 g/mol. The van der Waals surface area contributed by atoms with Crippen LogP contribution in [0.3, 0.4) is 0 Å². The van der Waals surface area contributed by atoms with E-state index in [0.29, 0.717) is 24.3 Å². The zero-order valence-electron chi connectivity index (χ0n) is 9.33. The number of aliphatic hydroxyl groups excluding tert-OH is 1. The van der Waals surface area contributed by atoms with Crippen LogP contribution >= 0.6 is 0 Å². The largest absolute Gasteiger partial charge is 0.391 e. The second-order valence-corrected chi connectivity index (χ2v) is 4.09. The van der Waals surface area contributed by atoms with Crippen molar-refractivity contribution in [2.24, 2.45) is 0 Å². The van der Waals surface area contributed by atoms with Crippen LogP contribution in [0.2, 0.25) is 0 Å². The SMILES string of the molecule is N#Cc1ccc(C(=O)N2CCC[C@H](O)C2)nc1. The Hall–Kier alpha value is -1.93. The fraction of sp³-hybridized carbons (Fsp3) is 0.417. The fourth-order valence-corrected chi connectivity index (χ4v) is 1.89. The number of aromatic nitrogens is 1. The minimum Gasteiger partial charge on any atom is -0.391 e. The Bertz CT molecular complexity index is 450. The molecule has 1 aliphatic rings. The van der Waals surface area contributed by atoms with Crippen molar-refractivity contribution in [2.45, 2.75) is 18.9 Å². The van der Waals surface area contributed by atoms with Crippen LogP contribution in [0.1, 0.15) is 28.9 Å². The first-order chi connectivity index (χ1) is 8.20. The molecular formula is C12H13N3O2. The van der Waals surface area contributed by atoms with Gasteiger partial charge in [0.2, 0.25) is 0 Å². The van der Waals surface area contributed by atoms with Gasteiger partial charge < -0.3 is 10.0 Å². The second kappa shape index (κ2) is 4.93. The summed E-state index contributed by atoms with van der Waals surface area (Å²) in [7, 11) is 0. The Balaban J connectivity index is 2.11. The van der Waals surface area contributed by atoms with Gasteiger partial charge in [0.25, 0.3) is 5.91 Å². The summed E-state index contributed by atoms with van der Waals surface area (Å²) >= 11 is 0. The highest BCUT2D eigenvalue weighted by atomic mass is 16.3. The number of hydrogen-bond acceptors (Lipinski definition) is 4. The molecule has 0 aliphatic carbocycles. The number of piperidine rings is 1. The number of likely N-dealkylation sites (tertiary alicyclic amines) is 1. The Morgan fingerprint density at radius 3 is 3.00 bits per heavy atom. The smallest absolute Gasteiger partial charge is 0.272 e. The van der Waals surface area contributed by atoms with E-state index in [0.717, 1.165) is 12.8 Å². The number of nitrogens with zero attached hydrogens (tertiary/aromatic N) is 3. The first kappa shape index (κ1) is 11.6. The lowest BCUT2D eigenvalue weighted by molar-refractivity contribution is 0.0469. The third-order valence-electron chi connectivity index (χ3n) is 2.80. The minimum atomic E-state index is -0.439. The Morgan fingerprint density at radius 1 is 1.59 bits per heavy atom. The molecule has 1 aromatic heterocycles. The van der Waals surface area contributed by atoms with Crippen molar-refractivity contribution in [3.05, 3.63) is 29.6 Å². The van der Waals surface area contributed by atoms with E-state index in [1.54, 1.807) is 17.0 Å². The van der Waals surface area contributed by atoms with Gasteiger partial charge in [-0.2, -0.15) is 5.26 Å². The van der Waals surface area contributed by atoms with Crippen LogP contribution in [0, 0.1) is 11.3 Å². The summed E-state index contributed by atoms with van der Waals surface area (Å²) in [5.41, 5.74) is 0.748. The van der Waals surface area contributed by atoms with E-state index in [-0.39, 0.29) is 5.91 Å². The van der Waals surface area contributed by atoms with Crippen molar-refractivity contribution in [3.63, 3.8) is 0 Å². The number of hydrogen-bond donors (Lipinski definition) is 1. The van der Waals surface area contributed by atoms with E-state index in [4.69, 9.17) is 5.26 Å². The monoisotopic (exact) mass is 231 g/mol. The van der Waals surface area contributed by atoms with E-state index in [9.17, 15) is 9.90 Å². The molecule has 0 bridgehead atoms. The molecule has 1 atom stereocenters. The summed E-state index contributed by atoms with van der Waals surface area (Å²) < 4.78 is 0. The minimum absolute atomic E-state index is 0.187. The number of β-amino-alcohol motifs (C(OH)–C–C–N with tert-alkyl or cyclic N) is 1. The van der Waals surface area contributed by atoms with Gasteiger partial charge in [0.1, 0.15) is 11.8 Å². The van der Waals surface area contributed by atoms with Crippen molar-refractivity contribution in [1.82, 2.24) is 9.88 Å². The molecule has 5 heteroatoms. The average Bonchev–Trinajstić information content (AvgIpc) is 2.38. The molecule has 1 aliphatic heterocycles. The molecule has 0 unspecified atom stereocenters. The van der Waals surface area contributed by atoms with Crippen LogP contribution in [0.4, 0.5) is 0 Å². The summed E-state index contributed by atoms with van der Waals surface area (Å²) in [6.45, 7) is 1.01. The van der Waals surface area contributed by atoms with E-state index < -0.39 is 6.10 Å². The van der Waals surface area contributed by atoms with E-state index in [1.807, 2.05) is 6.07 Å². The fourth-order valence-electron chi connectivity index (χ4n) is 1.89. The normalized spacial score (nSPS) is 19.8. The molecule has 1 N–H and O–H groups in total. The van der Waals surface area contributed by atoms with E-state index in [2.05, 4.69) is 4.98 Å². The third-order valence-corrected chi connectivity index (χ3v) is 2.80. The number of carbonyl (C=O) groups excluding carboxylic acids is 1. The first-order valence-electron chi connectivity index (χ1n) is 5.54. The molecule has 0 radical (unpaired) electrons. The van der Waals surface area contributed by atoms with Gasteiger partial charge in [-0.1, -0.05) is 0 Å². The summed E-state index contributed by atoms with van der Waals surface area (Å²) in [5.74, 6) is -0.187. The van der Waals surface area contributed by atoms with Crippen LogP contribution in [0.5, 0.6) is 0 Å². The molecule has 2 rings (SSSR count). The number of amides is 1. The van der Waals surface area contributed by atoms with Crippen molar-refractivity contribution in [1.29, 1.82) is 5.26 Å². The molecule has 0 saturated carbocycles. The topological polar surface area (TPSA) is 77.2 Å². The van der Waals surface area contributed by atoms with Gasteiger partial charge in [0, 0.05) is 19.3 Å². The van der Waals surface area contributed by atoms with Crippen molar-refractivity contribution < 1.29 is 9.90 Å². The quantitative estimate of drug-likeness (QED) is 0.765. The highest BCUT2D eigenvalue weighted by Gasteiger charge is 2.23. The van der Waals surface area contributed by atoms with Gasteiger partial charge >= 0.3 is 0 Å². The zero-order chi connectivity index (χ0) is 12.3. The first-order valence-corrected chi connectivity index (χ1v) is 5.54. The Morgan fingerprint density at radius 2 is 2.41 bits per heavy atom. The maximum atomic E-state index is 12.0. The van der Waals surface area contributed by atoms with Crippen molar-refractivity contribution in [2.75, 3.05) is 13.1 Å². The van der Waals surface area contributed by atoms with Gasteiger partial charge in [-0.15, -0.1) is 0 Å². The Kier molecular flexibility index (Phi) is 3.35. The highest BCUT2D eigenvalue weighted by molar-refractivity contribution is 5.92. The predicted octanol–water partition coefficient (Wildman–Crippen LogP) is 0.550. The Labute approximate surface area is 99.3 Å². The molecule has 88 valence electrons. The van der Waals surface area contributed by atoms with Gasteiger partial charge in [-0.3, -0.25) is 4.79 Å². The standard InChI is InChI=1S/C12H13N3O2/c13-6-9-3-4-11(14-7-9)12(17)15-5-1-2-10(16)8-15/h3-4,7,10,16H,1-2,5,8H2/t10-/m0/s1. The van der Waals surface area contributed by atoms with Gasteiger partial charge in [0.15, 0.2) is 0 Å². The molecule has 5 nitrogen and oxygen atoms in total. The molecule has 0 spiro atoms. The molecule has 1 amide bonds. The lowest BCUT2D eigenvalue weighted by Crippen LogP contribution is -2.42. The van der Waals surface area contributed by atoms with Crippen molar-refractivity contribution >= 4 is 5.91 Å². The van der Waals surface area contributed by atoms with Crippen LogP contribution in [0.15, 0.2) is 18.3 Å². The maximum absolute atomic E-state index is 12.0. The number of nitriles is 1. The number of carbonyl (C=O) groups is 1. The van der Waals surface area contributed by atoms with E-state index >= 15 is 0 Å². The van der Waals surface area contributed by atoms with Crippen LogP contribution in [0.25, 0.3) is 0 Å². The predicted molar refractivity (Wildman–Crippen MR) is 60.1 cm³/mol. The van der Waals surface area contributed by atoms with Crippen LogP contribution < -0.4 is 0 Å². The third kappa shape index (κ3) is 2.60. The summed E-state index contributed by atoms with van der Waals surface area (Å²) in [6.07, 6.45) is 2.49. The molecule has 1 saturated heterocycles. The molecule has 0 aromatic carbocycles. The van der Waals surface area contributed by atoms with Gasteiger partial charge in [-0.05, 0) is 25.0 Å². The highest BCUT2D eigenvalue weighted by Crippen LogP contribution is 2.12. The maximum Gasteiger partial charge on any atom is 0.272 e. The lowest BCUT2D eigenvalue weighted by Gasteiger charge is -2.29. The molecule has 1 aromatic rings. The lowest BCUT2D eigenvalue weighted by atomic mass is 10.1. The number of pyridine rings is 1. The van der Waals surface area contributed by atoms with Crippen molar-refractivity contribution in [3.8, 4) is 6.07 Å². The summed E-state index contributed by atoms with van der Waals surface area (Å²) in [5, 5.41) is 18.1. The van der Waals surface area contributed by atoms with Crippen LogP contribution in [-0.4, -0.2) is 40.1 Å². The van der Waals surface area contributed by atoms with Gasteiger partial charge in [0.05, 0.1) is 11.7 Å². The summed E-state index contributed by atoms with van der Waals surface area (Å²) in [6, 6.07) is 5.07. The average molecular weight is 231 g/mol. The summed E-state index contributed by atoms with van der Waals surface area (Å²) in [4.78, 5) is 17.6. The number of aliphatic hydroxyl groups is 1. The molecule has 17 heavy (non-hydrogen) atoms. The second-order valence-electron chi connectivity index (χ2n) is 4.09. The molecule has 1 fully saturated rings.